The summed E-state index contributed by atoms with van der Waals surface area (Å²) < 4.78 is 8.85. The summed E-state index contributed by atoms with van der Waals surface area (Å²) in [5.41, 5.74) is 1.67. The van der Waals surface area contributed by atoms with Crippen molar-refractivity contribution in [2.75, 3.05) is 39.8 Å². The highest BCUT2D eigenvalue weighted by molar-refractivity contribution is 6.07. The number of ether oxygens (including phenoxy) is 1. The highest BCUT2D eigenvalue weighted by Gasteiger charge is 2.15. The first-order valence-electron chi connectivity index (χ1n) is 8.64. The third kappa shape index (κ3) is 2.79. The number of nitrogens with one attached hydrogen (secondary N) is 1. The van der Waals surface area contributed by atoms with E-state index in [4.69, 9.17) is 4.74 Å². The predicted octanol–water partition coefficient (Wildman–Crippen LogP) is 0.802. The summed E-state index contributed by atoms with van der Waals surface area (Å²) in [6, 6.07) is 5.86. The lowest BCUT2D eigenvalue weighted by Crippen LogP contribution is -2.45. The number of fused-ring (bicyclic) bond motifs is 3. The number of rotatable bonds is 4. The normalized spacial score (nSPS) is 15.9. The summed E-state index contributed by atoms with van der Waals surface area (Å²) in [6.45, 7) is 5.51. The molecule has 1 aromatic carbocycles. The van der Waals surface area contributed by atoms with Gasteiger partial charge in [0.05, 0.1) is 19.9 Å². The smallest absolute Gasteiger partial charge is 0.291 e. The number of aromatic nitrogens is 3. The van der Waals surface area contributed by atoms with Crippen LogP contribution in [0.1, 0.15) is 0 Å². The van der Waals surface area contributed by atoms with E-state index < -0.39 is 0 Å². The second-order valence-electron chi connectivity index (χ2n) is 6.47. The van der Waals surface area contributed by atoms with Crippen LogP contribution in [0.5, 0.6) is 5.75 Å². The molecule has 7 heteroatoms. The fourth-order valence-corrected chi connectivity index (χ4v) is 3.60. The molecule has 0 aliphatic carbocycles. The molecule has 1 N–H and O–H groups in total. The maximum atomic E-state index is 13.0. The average Bonchev–Trinajstić information content (AvgIpc) is 2.94. The highest BCUT2D eigenvalue weighted by atomic mass is 16.5. The van der Waals surface area contributed by atoms with Crippen molar-refractivity contribution in [3.05, 3.63) is 34.7 Å². The fourth-order valence-electron chi connectivity index (χ4n) is 3.60. The molecule has 3 aromatic rings. The van der Waals surface area contributed by atoms with Gasteiger partial charge in [-0.15, -0.1) is 0 Å². The number of nitrogens with zero attached hydrogens (tertiary/aromatic N) is 4. The average molecular weight is 341 g/mol. The van der Waals surface area contributed by atoms with Gasteiger partial charge >= 0.3 is 0 Å². The van der Waals surface area contributed by atoms with E-state index in [9.17, 15) is 4.79 Å². The van der Waals surface area contributed by atoms with E-state index >= 15 is 0 Å². The van der Waals surface area contributed by atoms with E-state index in [0.717, 1.165) is 54.8 Å². The van der Waals surface area contributed by atoms with Crippen molar-refractivity contribution in [1.29, 1.82) is 0 Å². The molecule has 3 heterocycles. The van der Waals surface area contributed by atoms with Crippen molar-refractivity contribution in [1.82, 2.24) is 24.6 Å². The SMILES string of the molecule is COc1ccc2c(c1)c1cnn(CCN3CCNCC3)c(=O)c1n2C. The Labute approximate surface area is 145 Å². The van der Waals surface area contributed by atoms with Gasteiger partial charge in [0.1, 0.15) is 11.3 Å². The van der Waals surface area contributed by atoms with Crippen LogP contribution < -0.4 is 15.6 Å². The molecule has 0 saturated carbocycles. The molecule has 1 aliphatic heterocycles. The van der Waals surface area contributed by atoms with Crippen LogP contribution in [0.15, 0.2) is 29.2 Å². The zero-order chi connectivity index (χ0) is 17.4. The largest absolute Gasteiger partial charge is 0.497 e. The van der Waals surface area contributed by atoms with Gasteiger partial charge in [0, 0.05) is 56.1 Å². The maximum Gasteiger partial charge on any atom is 0.291 e. The Morgan fingerprint density at radius 2 is 2.00 bits per heavy atom. The van der Waals surface area contributed by atoms with Gasteiger partial charge in [-0.05, 0) is 18.2 Å². The lowest BCUT2D eigenvalue weighted by molar-refractivity contribution is 0.228. The number of methoxy groups -OCH3 is 1. The predicted molar refractivity (Wildman–Crippen MR) is 98.3 cm³/mol. The van der Waals surface area contributed by atoms with Crippen molar-refractivity contribution >= 4 is 21.8 Å². The lowest BCUT2D eigenvalue weighted by atomic mass is 10.2. The van der Waals surface area contributed by atoms with E-state index in [2.05, 4.69) is 15.3 Å². The second kappa shape index (κ2) is 6.50. The van der Waals surface area contributed by atoms with Crippen LogP contribution in [0, 0.1) is 0 Å². The third-order valence-corrected chi connectivity index (χ3v) is 5.05. The highest BCUT2D eigenvalue weighted by Crippen LogP contribution is 2.28. The van der Waals surface area contributed by atoms with Crippen LogP contribution in [0.25, 0.3) is 21.8 Å². The summed E-state index contributed by atoms with van der Waals surface area (Å²) in [5.74, 6) is 0.780. The molecular formula is C18H23N5O2. The molecule has 0 amide bonds. The lowest BCUT2D eigenvalue weighted by Gasteiger charge is -2.26. The van der Waals surface area contributed by atoms with E-state index in [1.54, 1.807) is 18.0 Å². The number of piperazine rings is 1. The van der Waals surface area contributed by atoms with Crippen LogP contribution in [-0.4, -0.2) is 59.1 Å². The van der Waals surface area contributed by atoms with Crippen LogP contribution in [0.4, 0.5) is 0 Å². The fraction of sp³-hybridized carbons (Fsp3) is 0.444. The number of hydrogen-bond donors (Lipinski definition) is 1. The van der Waals surface area contributed by atoms with Gasteiger partial charge in [-0.2, -0.15) is 5.10 Å². The number of aryl methyl sites for hydroxylation is 1. The summed E-state index contributed by atoms with van der Waals surface area (Å²) >= 11 is 0. The molecule has 2 aromatic heterocycles. The summed E-state index contributed by atoms with van der Waals surface area (Å²) in [7, 11) is 3.58. The molecular weight excluding hydrogens is 318 g/mol. The van der Waals surface area contributed by atoms with Crippen molar-refractivity contribution < 1.29 is 4.74 Å². The Morgan fingerprint density at radius 3 is 2.76 bits per heavy atom. The number of hydrogen-bond acceptors (Lipinski definition) is 5. The first-order chi connectivity index (χ1) is 12.2. The molecule has 0 bridgehead atoms. The van der Waals surface area contributed by atoms with Gasteiger partial charge in [-0.3, -0.25) is 9.69 Å². The number of benzene rings is 1. The molecule has 1 aliphatic rings. The van der Waals surface area contributed by atoms with Crippen molar-refractivity contribution in [3.8, 4) is 5.75 Å². The summed E-state index contributed by atoms with van der Waals surface area (Å²) in [4.78, 5) is 15.3. The van der Waals surface area contributed by atoms with E-state index in [1.807, 2.05) is 29.8 Å². The zero-order valence-corrected chi connectivity index (χ0v) is 14.7. The van der Waals surface area contributed by atoms with Crippen molar-refractivity contribution in [3.63, 3.8) is 0 Å². The molecule has 1 fully saturated rings. The second-order valence-corrected chi connectivity index (χ2v) is 6.47. The third-order valence-electron chi connectivity index (χ3n) is 5.05. The Hall–Kier alpha value is -2.38. The van der Waals surface area contributed by atoms with Crippen molar-refractivity contribution in [2.45, 2.75) is 6.54 Å². The van der Waals surface area contributed by atoms with Crippen molar-refractivity contribution in [2.24, 2.45) is 7.05 Å². The first-order valence-corrected chi connectivity index (χ1v) is 8.64. The van der Waals surface area contributed by atoms with Gasteiger partial charge in [-0.1, -0.05) is 0 Å². The van der Waals surface area contributed by atoms with Gasteiger partial charge in [0.2, 0.25) is 0 Å². The molecule has 0 radical (unpaired) electrons. The monoisotopic (exact) mass is 341 g/mol. The van der Waals surface area contributed by atoms with Crippen LogP contribution >= 0.6 is 0 Å². The minimum absolute atomic E-state index is 0.0368. The minimum atomic E-state index is -0.0368. The van der Waals surface area contributed by atoms with Gasteiger partial charge in [0.25, 0.3) is 5.56 Å². The minimum Gasteiger partial charge on any atom is -0.497 e. The molecule has 25 heavy (non-hydrogen) atoms. The van der Waals surface area contributed by atoms with Crippen LogP contribution in [0.2, 0.25) is 0 Å². The molecule has 7 nitrogen and oxygen atoms in total. The maximum absolute atomic E-state index is 13.0. The Kier molecular flexibility index (Phi) is 4.19. The summed E-state index contributed by atoms with van der Waals surface area (Å²) in [6.07, 6.45) is 1.80. The molecule has 1 saturated heterocycles. The van der Waals surface area contributed by atoms with E-state index in [-0.39, 0.29) is 5.56 Å². The molecule has 4 rings (SSSR count). The quantitative estimate of drug-likeness (QED) is 0.761. The first kappa shape index (κ1) is 16.1. The molecule has 0 spiro atoms. The Bertz CT molecular complexity index is 969. The van der Waals surface area contributed by atoms with Gasteiger partial charge < -0.3 is 14.6 Å². The molecule has 0 atom stereocenters. The topological polar surface area (TPSA) is 64.3 Å². The summed E-state index contributed by atoms with van der Waals surface area (Å²) in [5, 5.41) is 9.63. The zero-order valence-electron chi connectivity index (χ0n) is 14.7. The van der Waals surface area contributed by atoms with Gasteiger partial charge in [0.15, 0.2) is 0 Å². The Balaban J connectivity index is 1.73. The van der Waals surface area contributed by atoms with E-state index in [1.165, 1.54) is 0 Å². The Morgan fingerprint density at radius 1 is 1.20 bits per heavy atom. The van der Waals surface area contributed by atoms with Crippen LogP contribution in [0.3, 0.4) is 0 Å². The van der Waals surface area contributed by atoms with E-state index in [0.29, 0.717) is 12.1 Å². The van der Waals surface area contributed by atoms with Crippen LogP contribution in [-0.2, 0) is 13.6 Å². The molecule has 0 unspecified atom stereocenters. The molecule has 132 valence electrons. The van der Waals surface area contributed by atoms with Gasteiger partial charge in [-0.25, -0.2) is 4.68 Å². The standard InChI is InChI=1S/C18H23N5O2/c1-21-16-4-3-13(25-2)11-14(16)15-12-20-23(18(24)17(15)21)10-9-22-7-5-19-6-8-22/h3-4,11-12,19H,5-10H2,1-2H3.